The Morgan fingerprint density at radius 2 is 2.14 bits per heavy atom. The van der Waals surface area contributed by atoms with Gasteiger partial charge in [0.25, 0.3) is 0 Å². The van der Waals surface area contributed by atoms with Crippen LogP contribution in [0.1, 0.15) is 56.4 Å². The third kappa shape index (κ3) is 3.65. The molecule has 0 spiro atoms. The number of hydrogen-bond acceptors (Lipinski definition) is 4. The number of aryl methyl sites for hydroxylation is 2. The van der Waals surface area contributed by atoms with E-state index in [2.05, 4.69) is 10.4 Å². The molecule has 0 amide bonds. The highest BCUT2D eigenvalue weighted by atomic mass is 35.5. The van der Waals surface area contributed by atoms with Gasteiger partial charge in [0, 0.05) is 29.2 Å². The SMILES string of the molecule is CCCCOC(=O)C1=C(C)Nc2c(c(CC)nn2C)C1c1ccc(F)cc1Cl. The lowest BCUT2D eigenvalue weighted by Gasteiger charge is -2.29. The number of carbonyl (C=O) groups excluding carboxylic acids is 1. The van der Waals surface area contributed by atoms with Crippen LogP contribution in [0, 0.1) is 5.82 Å². The van der Waals surface area contributed by atoms with Gasteiger partial charge in [0.2, 0.25) is 0 Å². The van der Waals surface area contributed by atoms with E-state index in [0.717, 1.165) is 29.9 Å². The summed E-state index contributed by atoms with van der Waals surface area (Å²) in [5, 5.41) is 8.17. The number of allylic oxidation sites excluding steroid dienone is 1. The van der Waals surface area contributed by atoms with Crippen molar-refractivity contribution in [1.29, 1.82) is 0 Å². The molecule has 1 aromatic carbocycles. The van der Waals surface area contributed by atoms with E-state index in [1.165, 1.54) is 12.1 Å². The first-order valence-corrected chi connectivity index (χ1v) is 9.92. The van der Waals surface area contributed by atoms with Gasteiger partial charge in [0.1, 0.15) is 11.6 Å². The molecule has 1 aliphatic heterocycles. The van der Waals surface area contributed by atoms with Gasteiger partial charge in [-0.3, -0.25) is 4.68 Å². The molecule has 3 rings (SSSR count). The number of unbranched alkanes of at least 4 members (excludes halogenated alkanes) is 1. The van der Waals surface area contributed by atoms with Crippen molar-refractivity contribution in [1.82, 2.24) is 9.78 Å². The molecular formula is C21H25ClFN3O2. The van der Waals surface area contributed by atoms with E-state index in [-0.39, 0.29) is 11.0 Å². The molecule has 1 unspecified atom stereocenters. The average Bonchev–Trinajstić information content (AvgIpc) is 2.96. The van der Waals surface area contributed by atoms with Crippen LogP contribution in [0.25, 0.3) is 0 Å². The molecule has 7 heteroatoms. The van der Waals surface area contributed by atoms with Crippen LogP contribution >= 0.6 is 11.6 Å². The first kappa shape index (κ1) is 20.4. The molecule has 0 saturated heterocycles. The van der Waals surface area contributed by atoms with Crippen LogP contribution < -0.4 is 5.32 Å². The fourth-order valence-corrected chi connectivity index (χ4v) is 3.90. The molecule has 0 saturated carbocycles. The second-order valence-corrected chi connectivity index (χ2v) is 7.35. The lowest BCUT2D eigenvalue weighted by atomic mass is 9.81. The summed E-state index contributed by atoms with van der Waals surface area (Å²) in [6.07, 6.45) is 2.42. The van der Waals surface area contributed by atoms with E-state index in [1.54, 1.807) is 10.7 Å². The molecule has 0 radical (unpaired) electrons. The maximum absolute atomic E-state index is 13.7. The van der Waals surface area contributed by atoms with Gasteiger partial charge in [0.15, 0.2) is 0 Å². The summed E-state index contributed by atoms with van der Waals surface area (Å²) in [6.45, 7) is 6.24. The van der Waals surface area contributed by atoms with Crippen LogP contribution in [0.2, 0.25) is 5.02 Å². The van der Waals surface area contributed by atoms with Crippen LogP contribution in [0.3, 0.4) is 0 Å². The summed E-state index contributed by atoms with van der Waals surface area (Å²) in [5.74, 6) is -0.468. The Morgan fingerprint density at radius 1 is 1.39 bits per heavy atom. The highest BCUT2D eigenvalue weighted by Crippen LogP contribution is 2.45. The lowest BCUT2D eigenvalue weighted by Crippen LogP contribution is -2.25. The van der Waals surface area contributed by atoms with Crippen LogP contribution in [-0.2, 0) is 23.0 Å². The number of benzene rings is 1. The Balaban J connectivity index is 2.17. The number of hydrogen-bond donors (Lipinski definition) is 1. The van der Waals surface area contributed by atoms with Crippen LogP contribution in [0.5, 0.6) is 0 Å². The number of anilines is 1. The monoisotopic (exact) mass is 405 g/mol. The molecule has 1 aliphatic rings. The number of carbonyl (C=O) groups is 1. The van der Waals surface area contributed by atoms with E-state index >= 15 is 0 Å². The second kappa shape index (κ2) is 8.35. The minimum absolute atomic E-state index is 0.274. The van der Waals surface area contributed by atoms with E-state index in [0.29, 0.717) is 29.9 Å². The second-order valence-electron chi connectivity index (χ2n) is 6.94. The lowest BCUT2D eigenvalue weighted by molar-refractivity contribution is -0.139. The van der Waals surface area contributed by atoms with E-state index in [9.17, 15) is 9.18 Å². The van der Waals surface area contributed by atoms with Crippen molar-refractivity contribution in [2.45, 2.75) is 46.0 Å². The van der Waals surface area contributed by atoms with Gasteiger partial charge in [-0.05, 0) is 37.5 Å². The molecule has 1 aromatic heterocycles. The smallest absolute Gasteiger partial charge is 0.336 e. The number of fused-ring (bicyclic) bond motifs is 1. The Morgan fingerprint density at radius 3 is 2.79 bits per heavy atom. The molecule has 1 N–H and O–H groups in total. The molecule has 0 bridgehead atoms. The van der Waals surface area contributed by atoms with Crippen molar-refractivity contribution in [2.75, 3.05) is 11.9 Å². The quantitative estimate of drug-likeness (QED) is 0.545. The Kier molecular flexibility index (Phi) is 6.08. The molecule has 2 heterocycles. The van der Waals surface area contributed by atoms with Crippen LogP contribution in [0.15, 0.2) is 29.5 Å². The summed E-state index contributed by atoms with van der Waals surface area (Å²) < 4.78 is 21.0. The average molecular weight is 406 g/mol. The number of ether oxygens (including phenoxy) is 1. The van der Waals surface area contributed by atoms with E-state index in [4.69, 9.17) is 16.3 Å². The van der Waals surface area contributed by atoms with Gasteiger partial charge >= 0.3 is 5.97 Å². The Bertz CT molecular complexity index is 936. The van der Waals surface area contributed by atoms with Crippen molar-refractivity contribution in [3.63, 3.8) is 0 Å². The van der Waals surface area contributed by atoms with Crippen LogP contribution in [-0.4, -0.2) is 22.4 Å². The molecule has 150 valence electrons. The number of halogens is 2. The Labute approximate surface area is 169 Å². The number of esters is 1. The molecule has 2 aromatic rings. The fourth-order valence-electron chi connectivity index (χ4n) is 3.62. The van der Waals surface area contributed by atoms with E-state index in [1.807, 2.05) is 27.8 Å². The highest BCUT2D eigenvalue weighted by molar-refractivity contribution is 6.31. The van der Waals surface area contributed by atoms with Crippen molar-refractivity contribution in [3.8, 4) is 0 Å². The summed E-state index contributed by atoms with van der Waals surface area (Å²) in [5.41, 5.74) is 3.58. The molecule has 28 heavy (non-hydrogen) atoms. The first-order chi connectivity index (χ1) is 13.4. The Hall–Kier alpha value is -2.34. The minimum atomic E-state index is -0.470. The maximum Gasteiger partial charge on any atom is 0.336 e. The van der Waals surface area contributed by atoms with Crippen molar-refractivity contribution in [3.05, 3.63) is 57.1 Å². The zero-order chi connectivity index (χ0) is 20.4. The minimum Gasteiger partial charge on any atom is -0.462 e. The normalized spacial score (nSPS) is 16.0. The van der Waals surface area contributed by atoms with Gasteiger partial charge in [-0.25, -0.2) is 9.18 Å². The first-order valence-electron chi connectivity index (χ1n) is 9.54. The van der Waals surface area contributed by atoms with Crippen LogP contribution in [0.4, 0.5) is 10.2 Å². The number of aromatic nitrogens is 2. The van der Waals surface area contributed by atoms with E-state index < -0.39 is 11.7 Å². The summed E-state index contributed by atoms with van der Waals surface area (Å²) >= 11 is 6.41. The van der Waals surface area contributed by atoms with Gasteiger partial charge in [-0.2, -0.15) is 5.10 Å². The third-order valence-electron chi connectivity index (χ3n) is 5.01. The van der Waals surface area contributed by atoms with Crippen molar-refractivity contribution < 1.29 is 13.9 Å². The molecule has 0 aliphatic carbocycles. The number of nitrogens with zero attached hydrogens (tertiary/aromatic N) is 2. The summed E-state index contributed by atoms with van der Waals surface area (Å²) in [6, 6.07) is 4.27. The predicted octanol–water partition coefficient (Wildman–Crippen LogP) is 4.95. The zero-order valence-corrected chi connectivity index (χ0v) is 17.4. The van der Waals surface area contributed by atoms with Crippen molar-refractivity contribution >= 4 is 23.4 Å². The molecule has 1 atom stereocenters. The molecule has 5 nitrogen and oxygen atoms in total. The van der Waals surface area contributed by atoms with Gasteiger partial charge in [-0.15, -0.1) is 0 Å². The largest absolute Gasteiger partial charge is 0.462 e. The summed E-state index contributed by atoms with van der Waals surface area (Å²) in [4.78, 5) is 13.0. The fraction of sp³-hybridized carbons (Fsp3) is 0.429. The highest BCUT2D eigenvalue weighted by Gasteiger charge is 2.38. The van der Waals surface area contributed by atoms with Crippen molar-refractivity contribution in [2.24, 2.45) is 7.05 Å². The van der Waals surface area contributed by atoms with Gasteiger partial charge < -0.3 is 10.1 Å². The molecular weight excluding hydrogens is 381 g/mol. The number of nitrogens with one attached hydrogen (secondary N) is 1. The van der Waals surface area contributed by atoms with Gasteiger partial charge in [-0.1, -0.05) is 37.9 Å². The third-order valence-corrected chi connectivity index (χ3v) is 5.33. The zero-order valence-electron chi connectivity index (χ0n) is 16.6. The van der Waals surface area contributed by atoms with Gasteiger partial charge in [0.05, 0.1) is 17.9 Å². The standard InChI is InChI=1S/C21H25ClFN3O2/c1-5-7-10-28-21(27)17-12(3)24-20-19(16(6-2)25-26(20)4)18(17)14-9-8-13(23)11-15(14)22/h8-9,11,18,24H,5-7,10H2,1-4H3. The topological polar surface area (TPSA) is 56.1 Å². The predicted molar refractivity (Wildman–Crippen MR) is 108 cm³/mol. The molecule has 0 fully saturated rings. The summed E-state index contributed by atoms with van der Waals surface area (Å²) in [7, 11) is 1.85. The number of rotatable bonds is 6. The maximum atomic E-state index is 13.7.